The lowest BCUT2D eigenvalue weighted by Crippen LogP contribution is -2.45. The van der Waals surface area contributed by atoms with Crippen LogP contribution in [-0.2, 0) is 9.47 Å². The van der Waals surface area contributed by atoms with Gasteiger partial charge in [-0.1, -0.05) is 18.3 Å². The normalized spacial score (nSPS) is 19.9. The molecule has 2 rings (SSSR count). The van der Waals surface area contributed by atoms with E-state index in [-0.39, 0.29) is 12.1 Å². The number of thiazole rings is 1. The maximum absolute atomic E-state index is 11.5. The second-order valence-corrected chi connectivity index (χ2v) is 5.69. The smallest absolute Gasteiger partial charge is 0.350 e. The lowest BCUT2D eigenvalue weighted by Gasteiger charge is -2.32. The summed E-state index contributed by atoms with van der Waals surface area (Å²) in [5.41, 5.74) is 0.698. The van der Waals surface area contributed by atoms with Gasteiger partial charge in [0, 0.05) is 19.6 Å². The van der Waals surface area contributed by atoms with E-state index in [9.17, 15) is 4.79 Å². The summed E-state index contributed by atoms with van der Waals surface area (Å²) >= 11 is 1.32. The predicted molar refractivity (Wildman–Crippen MR) is 78.5 cm³/mol. The Morgan fingerprint density at radius 3 is 3.15 bits per heavy atom. The Morgan fingerprint density at radius 2 is 2.45 bits per heavy atom. The molecule has 1 aromatic heterocycles. The van der Waals surface area contributed by atoms with Crippen molar-refractivity contribution in [3.8, 4) is 0 Å². The Balaban J connectivity index is 1.89. The van der Waals surface area contributed by atoms with Crippen LogP contribution in [0.5, 0.6) is 0 Å². The van der Waals surface area contributed by atoms with Gasteiger partial charge in [0.05, 0.1) is 25.5 Å². The largest absolute Gasteiger partial charge is 0.465 e. The van der Waals surface area contributed by atoms with Gasteiger partial charge in [0.15, 0.2) is 5.13 Å². The summed E-state index contributed by atoms with van der Waals surface area (Å²) in [6, 6.07) is 0. The number of esters is 1. The molecule has 1 saturated heterocycles. The minimum atomic E-state index is -0.334. The second-order valence-electron chi connectivity index (χ2n) is 4.69. The zero-order valence-corrected chi connectivity index (χ0v) is 13.0. The quantitative estimate of drug-likeness (QED) is 0.829. The van der Waals surface area contributed by atoms with E-state index >= 15 is 0 Å². The monoisotopic (exact) mass is 299 g/mol. The minimum Gasteiger partial charge on any atom is -0.465 e. The third kappa shape index (κ3) is 3.68. The number of ether oxygens (including phenoxy) is 2. The number of aromatic nitrogens is 1. The molecule has 112 valence electrons. The van der Waals surface area contributed by atoms with E-state index in [4.69, 9.17) is 9.47 Å². The highest BCUT2D eigenvalue weighted by molar-refractivity contribution is 7.17. The van der Waals surface area contributed by atoms with Crippen LogP contribution in [0.3, 0.4) is 0 Å². The zero-order valence-electron chi connectivity index (χ0n) is 12.1. The first-order valence-electron chi connectivity index (χ1n) is 6.77. The number of aryl methyl sites for hydroxylation is 1. The van der Waals surface area contributed by atoms with E-state index in [0.29, 0.717) is 17.1 Å². The van der Waals surface area contributed by atoms with Crippen molar-refractivity contribution in [1.82, 2.24) is 9.88 Å². The van der Waals surface area contributed by atoms with E-state index < -0.39 is 0 Å². The number of carbonyl (C=O) groups is 1. The van der Waals surface area contributed by atoms with Gasteiger partial charge < -0.3 is 14.8 Å². The molecule has 0 saturated carbocycles. The number of hydrogen-bond donors (Lipinski definition) is 1. The second kappa shape index (κ2) is 7.01. The van der Waals surface area contributed by atoms with Crippen LogP contribution in [0.4, 0.5) is 5.13 Å². The number of carbonyl (C=O) groups excluding carboxylic acids is 1. The van der Waals surface area contributed by atoms with Crippen molar-refractivity contribution in [1.29, 1.82) is 0 Å². The first-order valence-corrected chi connectivity index (χ1v) is 7.59. The molecule has 1 aromatic rings. The van der Waals surface area contributed by atoms with Crippen LogP contribution in [0.2, 0.25) is 0 Å². The van der Waals surface area contributed by atoms with E-state index in [0.717, 1.165) is 31.4 Å². The van der Waals surface area contributed by atoms with Crippen molar-refractivity contribution in [2.24, 2.45) is 0 Å². The van der Waals surface area contributed by atoms with Crippen LogP contribution in [0.25, 0.3) is 0 Å². The molecule has 0 aromatic carbocycles. The number of hydrogen-bond acceptors (Lipinski definition) is 7. The van der Waals surface area contributed by atoms with Gasteiger partial charge in [-0.2, -0.15) is 0 Å². The highest BCUT2D eigenvalue weighted by atomic mass is 32.1. The average molecular weight is 299 g/mol. The van der Waals surface area contributed by atoms with Gasteiger partial charge in [0.25, 0.3) is 0 Å². The number of likely N-dealkylation sites (N-methyl/N-ethyl adjacent to an activating group) is 1. The van der Waals surface area contributed by atoms with Gasteiger partial charge in [-0.05, 0) is 13.5 Å². The summed E-state index contributed by atoms with van der Waals surface area (Å²) in [6.45, 7) is 8.40. The van der Waals surface area contributed by atoms with Crippen LogP contribution < -0.4 is 5.32 Å². The molecule has 20 heavy (non-hydrogen) atoms. The molecule has 0 radical (unpaired) electrons. The third-order valence-electron chi connectivity index (χ3n) is 3.32. The predicted octanol–water partition coefficient (Wildman–Crippen LogP) is 1.37. The Kier molecular flexibility index (Phi) is 5.33. The van der Waals surface area contributed by atoms with Gasteiger partial charge in [0.1, 0.15) is 4.88 Å². The molecule has 1 fully saturated rings. The molecule has 6 nitrogen and oxygen atoms in total. The molecule has 1 aliphatic heterocycles. The molecule has 1 aliphatic rings. The maximum atomic E-state index is 11.5. The van der Waals surface area contributed by atoms with Crippen molar-refractivity contribution in [2.75, 3.05) is 45.2 Å². The van der Waals surface area contributed by atoms with Crippen molar-refractivity contribution in [2.45, 2.75) is 20.0 Å². The Hall–Kier alpha value is -1.18. The number of morpholine rings is 1. The molecular formula is C13H21N3O3S. The van der Waals surface area contributed by atoms with Gasteiger partial charge in [-0.15, -0.1) is 0 Å². The summed E-state index contributed by atoms with van der Waals surface area (Å²) in [5, 5.41) is 3.98. The summed E-state index contributed by atoms with van der Waals surface area (Å²) < 4.78 is 10.4. The van der Waals surface area contributed by atoms with E-state index in [2.05, 4.69) is 22.1 Å². The summed E-state index contributed by atoms with van der Waals surface area (Å²) in [5.74, 6) is -0.334. The lowest BCUT2D eigenvalue weighted by molar-refractivity contribution is -0.0191. The fraction of sp³-hybridized carbons (Fsp3) is 0.692. The van der Waals surface area contributed by atoms with Gasteiger partial charge in [-0.25, -0.2) is 9.78 Å². The number of nitrogens with zero attached hydrogens (tertiary/aromatic N) is 2. The fourth-order valence-corrected chi connectivity index (χ4v) is 3.04. The third-order valence-corrected chi connectivity index (χ3v) is 4.41. The molecular weight excluding hydrogens is 278 g/mol. The molecule has 0 aliphatic carbocycles. The molecule has 1 atom stereocenters. The van der Waals surface area contributed by atoms with E-state index in [1.807, 2.05) is 6.92 Å². The summed E-state index contributed by atoms with van der Waals surface area (Å²) in [6.07, 6.45) is 0.162. The Bertz CT molecular complexity index is 464. The van der Waals surface area contributed by atoms with Crippen molar-refractivity contribution < 1.29 is 14.3 Å². The minimum absolute atomic E-state index is 0.162. The topological polar surface area (TPSA) is 63.7 Å². The number of rotatable bonds is 5. The van der Waals surface area contributed by atoms with Crippen molar-refractivity contribution in [3.63, 3.8) is 0 Å². The molecule has 7 heteroatoms. The molecule has 1 unspecified atom stereocenters. The molecule has 1 N–H and O–H groups in total. The maximum Gasteiger partial charge on any atom is 0.350 e. The van der Waals surface area contributed by atoms with E-state index in [1.165, 1.54) is 18.4 Å². The van der Waals surface area contributed by atoms with Gasteiger partial charge >= 0.3 is 5.97 Å². The lowest BCUT2D eigenvalue weighted by atomic mass is 10.2. The zero-order chi connectivity index (χ0) is 14.5. The first kappa shape index (κ1) is 15.2. The highest BCUT2D eigenvalue weighted by Gasteiger charge is 2.20. The molecule has 0 bridgehead atoms. The van der Waals surface area contributed by atoms with Crippen LogP contribution in [-0.4, -0.2) is 61.9 Å². The first-order chi connectivity index (χ1) is 9.63. The van der Waals surface area contributed by atoms with Crippen LogP contribution in [0, 0.1) is 6.92 Å². The standard InChI is InChI=1S/C13H21N3O3S/c1-4-16-5-6-19-10(8-16)7-14-13-15-9(2)11(20-13)12(17)18-3/h10H,4-8H2,1-3H3,(H,14,15). The number of methoxy groups -OCH3 is 1. The fourth-order valence-electron chi connectivity index (χ4n) is 2.15. The average Bonchev–Trinajstić information content (AvgIpc) is 2.85. The van der Waals surface area contributed by atoms with E-state index in [1.54, 1.807) is 0 Å². The Labute approximate surface area is 123 Å². The Morgan fingerprint density at radius 1 is 1.65 bits per heavy atom. The summed E-state index contributed by atoms with van der Waals surface area (Å²) in [4.78, 5) is 18.8. The SMILES string of the molecule is CCN1CCOC(CNc2nc(C)c(C(=O)OC)s2)C1. The van der Waals surface area contributed by atoms with Crippen molar-refractivity contribution >= 4 is 22.4 Å². The summed E-state index contributed by atoms with van der Waals surface area (Å²) in [7, 11) is 1.38. The number of nitrogens with one attached hydrogen (secondary N) is 1. The highest BCUT2D eigenvalue weighted by Crippen LogP contribution is 2.23. The van der Waals surface area contributed by atoms with Crippen LogP contribution in [0.1, 0.15) is 22.3 Å². The van der Waals surface area contributed by atoms with Crippen LogP contribution >= 0.6 is 11.3 Å². The number of anilines is 1. The molecule has 0 spiro atoms. The molecule has 2 heterocycles. The van der Waals surface area contributed by atoms with Crippen LogP contribution in [0.15, 0.2) is 0 Å². The molecule has 0 amide bonds. The van der Waals surface area contributed by atoms with Crippen molar-refractivity contribution in [3.05, 3.63) is 10.6 Å². The van der Waals surface area contributed by atoms with Gasteiger partial charge in [0.2, 0.25) is 0 Å². The van der Waals surface area contributed by atoms with Gasteiger partial charge in [-0.3, -0.25) is 4.90 Å².